The van der Waals surface area contributed by atoms with Crippen molar-refractivity contribution in [2.45, 2.75) is 30.3 Å². The topological polar surface area (TPSA) is 55.6 Å². The van der Waals surface area contributed by atoms with Gasteiger partial charge in [-0.2, -0.15) is 0 Å². The van der Waals surface area contributed by atoms with E-state index in [1.807, 2.05) is 0 Å². The SMILES string of the molecule is Cl.NCCCOC1CCN(C(=O)CSc2ccc(F)c(F)c2)CC1. The minimum atomic E-state index is -0.891. The van der Waals surface area contributed by atoms with E-state index in [9.17, 15) is 13.6 Å². The fraction of sp³-hybridized carbons (Fsp3) is 0.562. The number of rotatable bonds is 7. The number of likely N-dealkylation sites (tertiary alicyclic amines) is 1. The maximum atomic E-state index is 13.1. The van der Waals surface area contributed by atoms with Crippen LogP contribution in [0.5, 0.6) is 0 Å². The molecule has 2 N–H and O–H groups in total. The van der Waals surface area contributed by atoms with Crippen LogP contribution < -0.4 is 5.73 Å². The third-order valence-corrected chi connectivity index (χ3v) is 4.73. The van der Waals surface area contributed by atoms with E-state index >= 15 is 0 Å². The molecule has 0 aliphatic carbocycles. The van der Waals surface area contributed by atoms with Gasteiger partial charge in [0.25, 0.3) is 0 Å². The average molecular weight is 381 g/mol. The van der Waals surface area contributed by atoms with Crippen LogP contribution in [-0.2, 0) is 9.53 Å². The zero-order valence-electron chi connectivity index (χ0n) is 13.4. The zero-order chi connectivity index (χ0) is 16.7. The number of piperidine rings is 1. The Bertz CT molecular complexity index is 529. The normalized spacial score (nSPS) is 15.2. The van der Waals surface area contributed by atoms with Crippen LogP contribution in [-0.4, -0.2) is 48.9 Å². The molecule has 1 aromatic rings. The van der Waals surface area contributed by atoms with Crippen molar-refractivity contribution in [3.63, 3.8) is 0 Å². The molecule has 1 amide bonds. The molecule has 136 valence electrons. The summed E-state index contributed by atoms with van der Waals surface area (Å²) in [5.41, 5.74) is 5.43. The third kappa shape index (κ3) is 6.55. The molecule has 1 heterocycles. The summed E-state index contributed by atoms with van der Waals surface area (Å²) in [5.74, 6) is -1.53. The smallest absolute Gasteiger partial charge is 0.232 e. The predicted octanol–water partition coefficient (Wildman–Crippen LogP) is 2.84. The Labute approximate surface area is 151 Å². The molecule has 0 radical (unpaired) electrons. The van der Waals surface area contributed by atoms with Crippen LogP contribution in [0, 0.1) is 11.6 Å². The van der Waals surface area contributed by atoms with Gasteiger partial charge in [-0.25, -0.2) is 8.78 Å². The number of hydrogen-bond acceptors (Lipinski definition) is 4. The molecule has 24 heavy (non-hydrogen) atoms. The Balaban J connectivity index is 0.00000288. The number of hydrogen-bond donors (Lipinski definition) is 1. The minimum Gasteiger partial charge on any atom is -0.378 e. The monoisotopic (exact) mass is 380 g/mol. The maximum Gasteiger partial charge on any atom is 0.232 e. The second-order valence-corrected chi connectivity index (χ2v) is 6.51. The minimum absolute atomic E-state index is 0. The Kier molecular flexibility index (Phi) is 9.58. The lowest BCUT2D eigenvalue weighted by molar-refractivity contribution is -0.130. The van der Waals surface area contributed by atoms with Gasteiger partial charge in [-0.15, -0.1) is 24.2 Å². The molecule has 1 aliphatic rings. The first-order valence-corrected chi connectivity index (χ1v) is 8.76. The first kappa shape index (κ1) is 21.2. The second kappa shape index (κ2) is 10.9. The van der Waals surface area contributed by atoms with Crippen molar-refractivity contribution in [2.75, 3.05) is 32.0 Å². The van der Waals surface area contributed by atoms with E-state index in [1.165, 1.54) is 17.8 Å². The van der Waals surface area contributed by atoms with E-state index < -0.39 is 11.6 Å². The predicted molar refractivity (Wildman–Crippen MR) is 93.6 cm³/mol. The van der Waals surface area contributed by atoms with Gasteiger partial charge in [-0.1, -0.05) is 0 Å². The summed E-state index contributed by atoms with van der Waals surface area (Å²) in [6.07, 6.45) is 2.70. The number of carbonyl (C=O) groups excluding carboxylic acids is 1. The molecule has 0 atom stereocenters. The Morgan fingerprint density at radius 1 is 1.29 bits per heavy atom. The largest absolute Gasteiger partial charge is 0.378 e. The fourth-order valence-corrected chi connectivity index (χ4v) is 3.23. The molecule has 1 saturated heterocycles. The van der Waals surface area contributed by atoms with Crippen molar-refractivity contribution in [3.05, 3.63) is 29.8 Å². The van der Waals surface area contributed by atoms with Gasteiger partial charge in [0.1, 0.15) is 0 Å². The highest BCUT2D eigenvalue weighted by atomic mass is 35.5. The summed E-state index contributed by atoms with van der Waals surface area (Å²) < 4.78 is 31.7. The lowest BCUT2D eigenvalue weighted by Crippen LogP contribution is -2.41. The molecule has 1 aliphatic heterocycles. The van der Waals surface area contributed by atoms with Crippen molar-refractivity contribution >= 4 is 30.1 Å². The number of nitrogens with two attached hydrogens (primary N) is 1. The van der Waals surface area contributed by atoms with E-state index in [0.717, 1.165) is 31.4 Å². The van der Waals surface area contributed by atoms with Crippen molar-refractivity contribution in [3.8, 4) is 0 Å². The average Bonchev–Trinajstić information content (AvgIpc) is 2.56. The summed E-state index contributed by atoms with van der Waals surface area (Å²) in [6.45, 7) is 2.63. The fourth-order valence-electron chi connectivity index (χ4n) is 2.41. The Hall–Kier alpha value is -0.890. The molecule has 2 rings (SSSR count). The van der Waals surface area contributed by atoms with Gasteiger partial charge < -0.3 is 15.4 Å². The molecule has 1 aromatic carbocycles. The summed E-state index contributed by atoms with van der Waals surface area (Å²) in [6, 6.07) is 3.67. The van der Waals surface area contributed by atoms with Gasteiger partial charge in [-0.3, -0.25) is 4.79 Å². The molecule has 0 saturated carbocycles. The van der Waals surface area contributed by atoms with Crippen LogP contribution >= 0.6 is 24.2 Å². The van der Waals surface area contributed by atoms with Crippen LogP contribution in [0.25, 0.3) is 0 Å². The Morgan fingerprint density at radius 2 is 2.00 bits per heavy atom. The maximum absolute atomic E-state index is 13.1. The van der Waals surface area contributed by atoms with Gasteiger partial charge in [0.2, 0.25) is 5.91 Å². The van der Waals surface area contributed by atoms with Crippen LogP contribution in [0.15, 0.2) is 23.1 Å². The molecule has 4 nitrogen and oxygen atoms in total. The van der Waals surface area contributed by atoms with E-state index in [0.29, 0.717) is 31.1 Å². The lowest BCUT2D eigenvalue weighted by Gasteiger charge is -2.32. The van der Waals surface area contributed by atoms with Crippen molar-refractivity contribution in [1.82, 2.24) is 4.90 Å². The third-order valence-electron chi connectivity index (χ3n) is 3.75. The van der Waals surface area contributed by atoms with Crippen LogP contribution in [0.1, 0.15) is 19.3 Å². The summed E-state index contributed by atoms with van der Waals surface area (Å²) in [7, 11) is 0. The van der Waals surface area contributed by atoms with Crippen molar-refractivity contribution < 1.29 is 18.3 Å². The van der Waals surface area contributed by atoms with Gasteiger partial charge >= 0.3 is 0 Å². The van der Waals surface area contributed by atoms with Gasteiger partial charge in [0, 0.05) is 24.6 Å². The molecule has 0 unspecified atom stereocenters. The highest BCUT2D eigenvalue weighted by Gasteiger charge is 2.23. The number of ether oxygens (including phenoxy) is 1. The summed E-state index contributed by atoms with van der Waals surface area (Å²) in [5, 5.41) is 0. The van der Waals surface area contributed by atoms with Crippen molar-refractivity contribution in [1.29, 1.82) is 0 Å². The van der Waals surface area contributed by atoms with Crippen LogP contribution in [0.2, 0.25) is 0 Å². The van der Waals surface area contributed by atoms with Gasteiger partial charge in [-0.05, 0) is 44.0 Å². The van der Waals surface area contributed by atoms with Crippen LogP contribution in [0.4, 0.5) is 8.78 Å². The first-order chi connectivity index (χ1) is 11.1. The molecule has 0 spiro atoms. The Morgan fingerprint density at radius 3 is 2.62 bits per heavy atom. The van der Waals surface area contributed by atoms with Gasteiger partial charge in [0.05, 0.1) is 11.9 Å². The van der Waals surface area contributed by atoms with Gasteiger partial charge in [0.15, 0.2) is 11.6 Å². The number of benzene rings is 1. The van der Waals surface area contributed by atoms with Crippen molar-refractivity contribution in [2.24, 2.45) is 5.73 Å². The molecule has 8 heteroatoms. The van der Waals surface area contributed by atoms with E-state index in [-0.39, 0.29) is 30.2 Å². The zero-order valence-corrected chi connectivity index (χ0v) is 15.0. The highest BCUT2D eigenvalue weighted by Crippen LogP contribution is 2.22. The molecule has 1 fully saturated rings. The quantitative estimate of drug-likeness (QED) is 0.583. The van der Waals surface area contributed by atoms with Crippen LogP contribution in [0.3, 0.4) is 0 Å². The molecular weight excluding hydrogens is 358 g/mol. The number of halogens is 3. The number of amides is 1. The van der Waals surface area contributed by atoms with E-state index in [4.69, 9.17) is 10.5 Å². The number of thioether (sulfide) groups is 1. The van der Waals surface area contributed by atoms with E-state index in [1.54, 1.807) is 4.90 Å². The number of carbonyl (C=O) groups is 1. The number of nitrogens with zero attached hydrogens (tertiary/aromatic N) is 1. The summed E-state index contributed by atoms with van der Waals surface area (Å²) >= 11 is 1.22. The lowest BCUT2D eigenvalue weighted by atomic mass is 10.1. The second-order valence-electron chi connectivity index (χ2n) is 5.46. The standard InChI is InChI=1S/C16H22F2N2O2S.ClH/c17-14-3-2-13(10-15(14)18)23-11-16(21)20-7-4-12(5-8-20)22-9-1-6-19;/h2-3,10,12H,1,4-9,11,19H2;1H. The molecule has 0 aromatic heterocycles. The molecular formula is C16H23ClF2N2O2S. The first-order valence-electron chi connectivity index (χ1n) is 7.77. The summed E-state index contributed by atoms with van der Waals surface area (Å²) in [4.78, 5) is 14.5. The van der Waals surface area contributed by atoms with E-state index in [2.05, 4.69) is 0 Å². The molecule has 0 bridgehead atoms. The highest BCUT2D eigenvalue weighted by molar-refractivity contribution is 8.00.